The van der Waals surface area contributed by atoms with E-state index in [1.54, 1.807) is 26.7 Å². The van der Waals surface area contributed by atoms with E-state index in [2.05, 4.69) is 25.1 Å². The van der Waals surface area contributed by atoms with Crippen molar-refractivity contribution >= 4 is 22.6 Å². The minimum atomic E-state index is -0.361. The second-order valence-electron chi connectivity index (χ2n) is 6.31. The number of H-pyrrole nitrogens is 1. The molecule has 0 aliphatic rings. The van der Waals surface area contributed by atoms with Gasteiger partial charge in [-0.1, -0.05) is 11.6 Å². The Labute approximate surface area is 171 Å². The number of nitrogens with one attached hydrogen (secondary N) is 1. The molecule has 1 N–H and O–H groups in total. The summed E-state index contributed by atoms with van der Waals surface area (Å²) in [7, 11) is 6.64. The first-order valence-electron chi connectivity index (χ1n) is 8.75. The number of ether oxygens (including phenoxy) is 3. The molecule has 4 heterocycles. The molecule has 11 heteroatoms. The van der Waals surface area contributed by atoms with Crippen LogP contribution in [0.3, 0.4) is 0 Å². The fourth-order valence-corrected chi connectivity index (χ4v) is 3.49. The van der Waals surface area contributed by atoms with E-state index in [0.29, 0.717) is 34.7 Å². The molecule has 0 fully saturated rings. The van der Waals surface area contributed by atoms with Gasteiger partial charge in [0.25, 0.3) is 0 Å². The first kappa shape index (κ1) is 19.4. The van der Waals surface area contributed by atoms with Crippen LogP contribution in [-0.2, 0) is 16.5 Å². The smallest absolute Gasteiger partial charge is 0.233 e. The molecule has 4 rings (SSSR count). The average Bonchev–Trinajstić information content (AvgIpc) is 3.45. The maximum atomic E-state index is 6.32. The number of methoxy groups -OCH3 is 3. The lowest BCUT2D eigenvalue weighted by atomic mass is 10.3. The zero-order valence-corrected chi connectivity index (χ0v) is 17.1. The van der Waals surface area contributed by atoms with Crippen LogP contribution in [0.1, 0.15) is 11.9 Å². The summed E-state index contributed by atoms with van der Waals surface area (Å²) in [6.45, 7) is 0.350. The van der Waals surface area contributed by atoms with Crippen LogP contribution >= 0.6 is 11.6 Å². The van der Waals surface area contributed by atoms with Crippen molar-refractivity contribution in [1.82, 2.24) is 34.3 Å². The van der Waals surface area contributed by atoms with Crippen LogP contribution in [0.5, 0.6) is 5.88 Å². The van der Waals surface area contributed by atoms with E-state index in [0.717, 1.165) is 16.9 Å². The molecule has 29 heavy (non-hydrogen) atoms. The van der Waals surface area contributed by atoms with Gasteiger partial charge >= 0.3 is 0 Å². The number of fused-ring (bicyclic) bond motifs is 1. The summed E-state index contributed by atoms with van der Waals surface area (Å²) in [5.41, 5.74) is 3.05. The van der Waals surface area contributed by atoms with E-state index in [1.807, 2.05) is 28.4 Å². The maximum absolute atomic E-state index is 6.32. The largest absolute Gasteiger partial charge is 0.480 e. The number of hydrogen-bond acceptors (Lipinski definition) is 7. The summed E-state index contributed by atoms with van der Waals surface area (Å²) in [6, 6.07) is 1.81. The van der Waals surface area contributed by atoms with Crippen LogP contribution in [0, 0.1) is 0 Å². The first-order chi connectivity index (χ1) is 14.1. The van der Waals surface area contributed by atoms with Crippen molar-refractivity contribution in [3.8, 4) is 23.1 Å². The van der Waals surface area contributed by atoms with Crippen molar-refractivity contribution in [3.05, 3.63) is 35.6 Å². The van der Waals surface area contributed by atoms with Crippen LogP contribution in [-0.4, -0.2) is 62.2 Å². The molecule has 0 bridgehead atoms. The predicted molar refractivity (Wildman–Crippen MR) is 106 cm³/mol. The lowest BCUT2D eigenvalue weighted by molar-refractivity contribution is 0.0224. The molecule has 10 nitrogen and oxygen atoms in total. The van der Waals surface area contributed by atoms with Gasteiger partial charge in [-0.3, -0.25) is 0 Å². The summed E-state index contributed by atoms with van der Waals surface area (Å²) in [4.78, 5) is 12.0. The summed E-state index contributed by atoms with van der Waals surface area (Å²) in [5, 5.41) is 9.01. The Kier molecular flexibility index (Phi) is 5.22. The van der Waals surface area contributed by atoms with E-state index in [1.165, 1.54) is 7.11 Å². The molecule has 4 aromatic rings. The van der Waals surface area contributed by atoms with Gasteiger partial charge in [0.2, 0.25) is 5.88 Å². The normalized spacial score (nSPS) is 12.6. The number of imidazole rings is 1. The Morgan fingerprint density at radius 3 is 2.72 bits per heavy atom. The predicted octanol–water partition coefficient (Wildman–Crippen LogP) is 2.54. The van der Waals surface area contributed by atoms with E-state index < -0.39 is 0 Å². The van der Waals surface area contributed by atoms with Gasteiger partial charge in [-0.2, -0.15) is 0 Å². The third kappa shape index (κ3) is 3.24. The minimum Gasteiger partial charge on any atom is -0.480 e. The molecule has 0 radical (unpaired) electrons. The number of hydrogen-bond donors (Lipinski definition) is 1. The van der Waals surface area contributed by atoms with Crippen LogP contribution in [0.25, 0.3) is 28.2 Å². The molecular weight excluding hydrogens is 398 g/mol. The van der Waals surface area contributed by atoms with Gasteiger partial charge in [-0.15, -0.1) is 10.2 Å². The molecule has 152 valence electrons. The van der Waals surface area contributed by atoms with E-state index in [4.69, 9.17) is 25.8 Å². The zero-order valence-electron chi connectivity index (χ0n) is 16.4. The van der Waals surface area contributed by atoms with Gasteiger partial charge in [-0.25, -0.2) is 9.97 Å². The SMILES string of the molecule is COC[C@@H](OC)c1nnc(-c2c(-n3ccnc3)c3nc(OC)c(Cl)cc3n2C)[nH]1. The maximum Gasteiger partial charge on any atom is 0.233 e. The van der Waals surface area contributed by atoms with Crippen molar-refractivity contribution in [2.24, 2.45) is 7.05 Å². The van der Waals surface area contributed by atoms with Crippen molar-refractivity contribution in [2.75, 3.05) is 27.9 Å². The third-order valence-corrected chi connectivity index (χ3v) is 4.93. The van der Waals surface area contributed by atoms with E-state index in [9.17, 15) is 0 Å². The fourth-order valence-electron chi connectivity index (χ4n) is 3.27. The molecule has 0 amide bonds. The number of aromatic amines is 1. The van der Waals surface area contributed by atoms with Gasteiger partial charge in [-0.05, 0) is 6.07 Å². The molecule has 0 spiro atoms. The third-order valence-electron chi connectivity index (χ3n) is 4.66. The fraction of sp³-hybridized carbons (Fsp3) is 0.333. The molecule has 4 aromatic heterocycles. The van der Waals surface area contributed by atoms with Crippen LogP contribution in [0.2, 0.25) is 5.02 Å². The quantitative estimate of drug-likeness (QED) is 0.492. The molecule has 1 atom stereocenters. The second-order valence-corrected chi connectivity index (χ2v) is 6.72. The van der Waals surface area contributed by atoms with Crippen molar-refractivity contribution in [3.63, 3.8) is 0 Å². The molecular formula is C18H20ClN7O3. The number of aromatic nitrogens is 7. The highest BCUT2D eigenvalue weighted by Crippen LogP contribution is 2.37. The number of rotatable bonds is 7. The Morgan fingerprint density at radius 2 is 2.07 bits per heavy atom. The Balaban J connectivity index is 1.96. The zero-order chi connectivity index (χ0) is 20.5. The lowest BCUT2D eigenvalue weighted by Gasteiger charge is -2.10. The van der Waals surface area contributed by atoms with Gasteiger partial charge in [0.05, 0.1) is 25.6 Å². The topological polar surface area (TPSA) is 105 Å². The molecule has 0 aliphatic heterocycles. The second kappa shape index (κ2) is 7.82. The number of nitrogens with zero attached hydrogens (tertiary/aromatic N) is 6. The summed E-state index contributed by atoms with van der Waals surface area (Å²) in [5.74, 6) is 1.46. The first-order valence-corrected chi connectivity index (χ1v) is 9.12. The highest BCUT2D eigenvalue weighted by atomic mass is 35.5. The monoisotopic (exact) mass is 417 g/mol. The number of halogens is 1. The van der Waals surface area contributed by atoms with Crippen LogP contribution in [0.4, 0.5) is 0 Å². The molecule has 0 aliphatic carbocycles. The van der Waals surface area contributed by atoms with E-state index in [-0.39, 0.29) is 6.10 Å². The lowest BCUT2D eigenvalue weighted by Crippen LogP contribution is -2.10. The Hall–Kier alpha value is -2.95. The molecule has 0 saturated heterocycles. The van der Waals surface area contributed by atoms with Crippen LogP contribution < -0.4 is 4.74 Å². The Bertz CT molecular complexity index is 1140. The van der Waals surface area contributed by atoms with Crippen molar-refractivity contribution in [2.45, 2.75) is 6.10 Å². The highest BCUT2D eigenvalue weighted by Gasteiger charge is 2.25. The van der Waals surface area contributed by atoms with Gasteiger partial charge in [0, 0.05) is 33.7 Å². The minimum absolute atomic E-state index is 0.343. The van der Waals surface area contributed by atoms with Crippen LogP contribution in [0.15, 0.2) is 24.8 Å². The average molecular weight is 418 g/mol. The molecule has 0 unspecified atom stereocenters. The van der Waals surface area contributed by atoms with Crippen molar-refractivity contribution < 1.29 is 14.2 Å². The Morgan fingerprint density at radius 1 is 1.24 bits per heavy atom. The number of aryl methyl sites for hydroxylation is 1. The summed E-state index contributed by atoms with van der Waals surface area (Å²) in [6.07, 6.45) is 4.86. The van der Waals surface area contributed by atoms with Gasteiger partial charge in [0.1, 0.15) is 28.0 Å². The summed E-state index contributed by atoms with van der Waals surface area (Å²) >= 11 is 6.32. The standard InChI is InChI=1S/C18H20ClN7O3/c1-25-11-7-10(19)18(29-4)21-13(11)14(26-6-5-20-9-26)15(25)17-22-16(23-24-17)12(28-3)8-27-2/h5-7,9,12H,8H2,1-4H3,(H,22,23,24)/t12-/m1/s1. The van der Waals surface area contributed by atoms with E-state index >= 15 is 0 Å². The summed E-state index contributed by atoms with van der Waals surface area (Å²) < 4.78 is 19.8. The molecule has 0 saturated carbocycles. The highest BCUT2D eigenvalue weighted by molar-refractivity contribution is 6.32. The van der Waals surface area contributed by atoms with Gasteiger partial charge in [0.15, 0.2) is 11.6 Å². The number of pyridine rings is 1. The van der Waals surface area contributed by atoms with Crippen molar-refractivity contribution in [1.29, 1.82) is 0 Å². The molecule has 0 aromatic carbocycles. The van der Waals surface area contributed by atoms with Gasteiger partial charge < -0.3 is 28.3 Å².